The number of hydrogen-bond acceptors (Lipinski definition) is 8. The summed E-state index contributed by atoms with van der Waals surface area (Å²) in [5.41, 5.74) is 0.429. The summed E-state index contributed by atoms with van der Waals surface area (Å²) in [4.78, 5) is 24.4. The second-order valence-corrected chi connectivity index (χ2v) is 3.56. The molecule has 0 spiro atoms. The Morgan fingerprint density at radius 1 is 1.55 bits per heavy atom. The van der Waals surface area contributed by atoms with Gasteiger partial charge in [0.25, 0.3) is 0 Å². The van der Waals surface area contributed by atoms with Crippen LogP contribution in [0.3, 0.4) is 0 Å². The fourth-order valence-electron chi connectivity index (χ4n) is 1.56. The van der Waals surface area contributed by atoms with Crippen molar-refractivity contribution in [2.45, 2.75) is 13.5 Å². The average molecular weight is 280 g/mol. The standard InChI is InChI=1S/C11H12N4O5/c1-2-18-11(17)8-4-3-7-10(16)13-9(14-15(7)8)5-19-20-6-12/h3-4,6,12H,2,5H2,1H3,(H,13,14,16). The van der Waals surface area contributed by atoms with Gasteiger partial charge >= 0.3 is 5.97 Å². The molecule has 2 aromatic rings. The van der Waals surface area contributed by atoms with Crippen LogP contribution >= 0.6 is 0 Å². The first-order chi connectivity index (χ1) is 9.67. The number of aromatic hydroxyl groups is 1. The predicted molar refractivity (Wildman–Crippen MR) is 65.3 cm³/mol. The van der Waals surface area contributed by atoms with Crippen LogP contribution in [-0.4, -0.2) is 38.7 Å². The highest BCUT2D eigenvalue weighted by Crippen LogP contribution is 2.18. The SMILES string of the molecule is CCOC(=O)c1ccc2c(O)nc(COOC=N)nn12. The lowest BCUT2D eigenvalue weighted by Gasteiger charge is -2.05. The van der Waals surface area contributed by atoms with E-state index in [0.29, 0.717) is 6.40 Å². The third-order valence-electron chi connectivity index (χ3n) is 2.32. The summed E-state index contributed by atoms with van der Waals surface area (Å²) >= 11 is 0. The number of hydrogen-bond donors (Lipinski definition) is 2. The molecule has 2 heterocycles. The van der Waals surface area contributed by atoms with Crippen molar-refractivity contribution in [1.82, 2.24) is 14.6 Å². The average Bonchev–Trinajstić information content (AvgIpc) is 2.84. The molecule has 0 aliphatic carbocycles. The molecule has 0 fully saturated rings. The summed E-state index contributed by atoms with van der Waals surface area (Å²) in [7, 11) is 0. The van der Waals surface area contributed by atoms with Gasteiger partial charge in [-0.2, -0.15) is 9.87 Å². The van der Waals surface area contributed by atoms with E-state index < -0.39 is 5.97 Å². The summed E-state index contributed by atoms with van der Waals surface area (Å²) in [6.45, 7) is 1.72. The molecule has 0 saturated heterocycles. The Balaban J connectivity index is 2.36. The molecule has 2 N–H and O–H groups in total. The van der Waals surface area contributed by atoms with Crippen LogP contribution in [0.2, 0.25) is 0 Å². The van der Waals surface area contributed by atoms with Crippen molar-refractivity contribution < 1.29 is 24.4 Å². The van der Waals surface area contributed by atoms with Crippen LogP contribution in [0.4, 0.5) is 0 Å². The van der Waals surface area contributed by atoms with Gasteiger partial charge < -0.3 is 14.7 Å². The molecule has 0 bridgehead atoms. The summed E-state index contributed by atoms with van der Waals surface area (Å²) in [6.07, 6.45) is 0.595. The number of fused-ring (bicyclic) bond motifs is 1. The maximum atomic E-state index is 11.7. The summed E-state index contributed by atoms with van der Waals surface area (Å²) in [6, 6.07) is 2.97. The molecule has 0 saturated carbocycles. The van der Waals surface area contributed by atoms with Crippen LogP contribution in [0.1, 0.15) is 23.2 Å². The Morgan fingerprint density at radius 2 is 2.35 bits per heavy atom. The first-order valence-electron chi connectivity index (χ1n) is 5.69. The van der Waals surface area contributed by atoms with Crippen molar-refractivity contribution >= 4 is 17.9 Å². The molecule has 20 heavy (non-hydrogen) atoms. The lowest BCUT2D eigenvalue weighted by Crippen LogP contribution is -2.12. The maximum absolute atomic E-state index is 11.7. The van der Waals surface area contributed by atoms with Gasteiger partial charge in [-0.3, -0.25) is 5.41 Å². The maximum Gasteiger partial charge on any atom is 0.356 e. The predicted octanol–water partition coefficient (Wildman–Crippen LogP) is 0.667. The van der Waals surface area contributed by atoms with Gasteiger partial charge in [0, 0.05) is 0 Å². The molecular formula is C11H12N4O5. The van der Waals surface area contributed by atoms with Crippen LogP contribution in [0, 0.1) is 5.41 Å². The highest BCUT2D eigenvalue weighted by atomic mass is 17.2. The van der Waals surface area contributed by atoms with E-state index in [4.69, 9.17) is 10.1 Å². The van der Waals surface area contributed by atoms with Gasteiger partial charge in [-0.05, 0) is 19.1 Å². The smallest absolute Gasteiger partial charge is 0.356 e. The van der Waals surface area contributed by atoms with Gasteiger partial charge in [0.2, 0.25) is 12.3 Å². The molecule has 0 aromatic carbocycles. The monoisotopic (exact) mass is 280 g/mol. The largest absolute Gasteiger partial charge is 0.492 e. The zero-order valence-electron chi connectivity index (χ0n) is 10.6. The highest BCUT2D eigenvalue weighted by molar-refractivity contribution is 5.89. The van der Waals surface area contributed by atoms with Crippen molar-refractivity contribution in [2.24, 2.45) is 0 Å². The molecule has 0 amide bonds. The molecule has 2 rings (SSSR count). The summed E-state index contributed by atoms with van der Waals surface area (Å²) < 4.78 is 6.10. The molecule has 9 nitrogen and oxygen atoms in total. The number of carbonyl (C=O) groups is 1. The molecule has 0 atom stereocenters. The van der Waals surface area contributed by atoms with Crippen molar-refractivity contribution in [2.75, 3.05) is 6.61 Å². The van der Waals surface area contributed by atoms with Gasteiger partial charge in [0.1, 0.15) is 5.52 Å². The highest BCUT2D eigenvalue weighted by Gasteiger charge is 2.17. The van der Waals surface area contributed by atoms with Crippen molar-refractivity contribution in [3.05, 3.63) is 23.7 Å². The van der Waals surface area contributed by atoms with Crippen LogP contribution in [0.15, 0.2) is 12.1 Å². The number of nitrogens with one attached hydrogen (secondary N) is 1. The Labute approximate surface area is 113 Å². The minimum Gasteiger partial charge on any atom is -0.492 e. The molecule has 0 aliphatic heterocycles. The van der Waals surface area contributed by atoms with E-state index in [1.54, 1.807) is 6.92 Å². The third-order valence-corrected chi connectivity index (χ3v) is 2.32. The van der Waals surface area contributed by atoms with Gasteiger partial charge in [-0.15, -0.1) is 5.10 Å². The van der Waals surface area contributed by atoms with Gasteiger partial charge in [-0.25, -0.2) is 9.31 Å². The van der Waals surface area contributed by atoms with Crippen LogP contribution in [0.25, 0.3) is 5.52 Å². The quantitative estimate of drug-likeness (QED) is 0.199. The molecule has 106 valence electrons. The Morgan fingerprint density at radius 3 is 3.05 bits per heavy atom. The third kappa shape index (κ3) is 2.67. The van der Waals surface area contributed by atoms with Crippen LogP contribution in [-0.2, 0) is 21.1 Å². The molecule has 0 radical (unpaired) electrons. The molecule has 0 aliphatic rings. The van der Waals surface area contributed by atoms with Crippen molar-refractivity contribution in [1.29, 1.82) is 5.41 Å². The normalized spacial score (nSPS) is 10.4. The fourth-order valence-corrected chi connectivity index (χ4v) is 1.56. The molecule has 0 unspecified atom stereocenters. The van der Waals surface area contributed by atoms with Gasteiger partial charge in [0.05, 0.1) is 6.61 Å². The van der Waals surface area contributed by atoms with Crippen LogP contribution < -0.4 is 0 Å². The zero-order chi connectivity index (χ0) is 14.5. The second kappa shape index (κ2) is 5.97. The van der Waals surface area contributed by atoms with E-state index in [2.05, 4.69) is 19.9 Å². The lowest BCUT2D eigenvalue weighted by molar-refractivity contribution is -0.229. The Kier molecular flexibility index (Phi) is 4.11. The van der Waals surface area contributed by atoms with Gasteiger partial charge in [-0.1, -0.05) is 0 Å². The van der Waals surface area contributed by atoms with E-state index in [-0.39, 0.29) is 36.1 Å². The number of aromatic nitrogens is 3. The Bertz CT molecular complexity index is 639. The lowest BCUT2D eigenvalue weighted by atomic mass is 10.4. The van der Waals surface area contributed by atoms with E-state index in [1.165, 1.54) is 16.6 Å². The minimum absolute atomic E-state index is 0.0820. The molecular weight excluding hydrogens is 268 g/mol. The van der Waals surface area contributed by atoms with Crippen LogP contribution in [0.5, 0.6) is 5.88 Å². The molecule has 2 aromatic heterocycles. The van der Waals surface area contributed by atoms with E-state index in [0.717, 1.165) is 0 Å². The number of carbonyl (C=O) groups excluding carboxylic acids is 1. The summed E-state index contributed by atoms with van der Waals surface area (Å²) in [5, 5.41) is 20.4. The number of rotatable bonds is 6. The van der Waals surface area contributed by atoms with Crippen molar-refractivity contribution in [3.8, 4) is 5.88 Å². The first kappa shape index (κ1) is 13.7. The number of esters is 1. The fraction of sp³-hybridized carbons (Fsp3) is 0.273. The topological polar surface area (TPSA) is 119 Å². The minimum atomic E-state index is -0.562. The Hall–Kier alpha value is -2.68. The van der Waals surface area contributed by atoms with E-state index >= 15 is 0 Å². The first-order valence-corrected chi connectivity index (χ1v) is 5.69. The van der Waals surface area contributed by atoms with E-state index in [9.17, 15) is 9.90 Å². The molecule has 9 heteroatoms. The second-order valence-electron chi connectivity index (χ2n) is 3.56. The van der Waals surface area contributed by atoms with Crippen molar-refractivity contribution in [3.63, 3.8) is 0 Å². The number of nitrogens with zero attached hydrogens (tertiary/aromatic N) is 3. The summed E-state index contributed by atoms with van der Waals surface area (Å²) in [5.74, 6) is -0.782. The van der Waals surface area contributed by atoms with E-state index in [1.807, 2.05) is 0 Å². The zero-order valence-corrected chi connectivity index (χ0v) is 10.6. The van der Waals surface area contributed by atoms with Gasteiger partial charge in [0.15, 0.2) is 18.1 Å². The number of ether oxygens (including phenoxy) is 1.